The van der Waals surface area contributed by atoms with Crippen LogP contribution >= 0.6 is 11.6 Å². The summed E-state index contributed by atoms with van der Waals surface area (Å²) in [4.78, 5) is 26.3. The highest BCUT2D eigenvalue weighted by atomic mass is 35.5. The van der Waals surface area contributed by atoms with Gasteiger partial charge in [0.1, 0.15) is 0 Å². The molecule has 0 saturated heterocycles. The van der Waals surface area contributed by atoms with Crippen molar-refractivity contribution < 1.29 is 18.0 Å². The lowest BCUT2D eigenvalue weighted by atomic mass is 10.1. The first kappa shape index (κ1) is 21.6. The van der Waals surface area contributed by atoms with E-state index >= 15 is 0 Å². The highest BCUT2D eigenvalue weighted by molar-refractivity contribution is 6.31. The predicted octanol–water partition coefficient (Wildman–Crippen LogP) is 4.84. The number of benzene rings is 2. The summed E-state index contributed by atoms with van der Waals surface area (Å²) in [5.41, 5.74) is 0.255. The maximum absolute atomic E-state index is 12.9. The minimum absolute atomic E-state index is 0.00755. The third-order valence-corrected chi connectivity index (χ3v) is 4.92. The fourth-order valence-electron chi connectivity index (χ4n) is 3.00. The lowest BCUT2D eigenvalue weighted by molar-refractivity contribution is -0.137. The van der Waals surface area contributed by atoms with Gasteiger partial charge in [-0.2, -0.15) is 13.2 Å². The van der Waals surface area contributed by atoms with Crippen LogP contribution in [0.15, 0.2) is 71.7 Å². The Bertz CT molecular complexity index is 1130. The van der Waals surface area contributed by atoms with Gasteiger partial charge in [-0.1, -0.05) is 41.9 Å². The molecule has 0 saturated carbocycles. The van der Waals surface area contributed by atoms with E-state index in [-0.39, 0.29) is 24.2 Å². The molecule has 0 aliphatic heterocycles. The van der Waals surface area contributed by atoms with Gasteiger partial charge in [0.25, 0.3) is 11.5 Å². The van der Waals surface area contributed by atoms with Crippen molar-refractivity contribution in [3.63, 3.8) is 0 Å². The van der Waals surface area contributed by atoms with Crippen LogP contribution in [0.1, 0.15) is 27.0 Å². The standard InChI is InChI=1S/C22H18ClF3N2O2/c1-27(12-15-5-4-7-18(11-15)22(24,25)26)21(30)17-9-10-20(29)28(14-17)13-16-6-2-3-8-19(16)23/h2-11,14H,12-13H2,1H3. The van der Waals surface area contributed by atoms with Gasteiger partial charge in [0.05, 0.1) is 17.7 Å². The molecule has 1 aromatic heterocycles. The van der Waals surface area contributed by atoms with Crippen molar-refractivity contribution >= 4 is 17.5 Å². The first-order valence-corrected chi connectivity index (χ1v) is 9.38. The van der Waals surface area contributed by atoms with Crippen LogP contribution in [0, 0.1) is 0 Å². The Labute approximate surface area is 176 Å². The maximum atomic E-state index is 12.9. The molecular weight excluding hydrogens is 417 g/mol. The summed E-state index contributed by atoms with van der Waals surface area (Å²) in [6.45, 7) is 0.184. The number of amides is 1. The molecule has 0 aliphatic carbocycles. The van der Waals surface area contributed by atoms with Gasteiger partial charge >= 0.3 is 6.18 Å². The third kappa shape index (κ3) is 5.10. The van der Waals surface area contributed by atoms with Crippen LogP contribution < -0.4 is 5.56 Å². The van der Waals surface area contributed by atoms with Gasteiger partial charge in [0.2, 0.25) is 0 Å². The van der Waals surface area contributed by atoms with Gasteiger partial charge in [-0.05, 0) is 35.4 Å². The highest BCUT2D eigenvalue weighted by Crippen LogP contribution is 2.29. The van der Waals surface area contributed by atoms with Gasteiger partial charge in [0, 0.05) is 30.9 Å². The van der Waals surface area contributed by atoms with Crippen molar-refractivity contribution in [1.29, 1.82) is 0 Å². The van der Waals surface area contributed by atoms with Crippen LogP contribution in [0.5, 0.6) is 0 Å². The average molecular weight is 435 g/mol. The molecule has 0 bridgehead atoms. The molecule has 0 atom stereocenters. The van der Waals surface area contributed by atoms with Crippen molar-refractivity contribution in [1.82, 2.24) is 9.47 Å². The molecule has 0 unspecified atom stereocenters. The van der Waals surface area contributed by atoms with E-state index in [1.807, 2.05) is 0 Å². The summed E-state index contributed by atoms with van der Waals surface area (Å²) < 4.78 is 40.1. The van der Waals surface area contributed by atoms with Crippen molar-refractivity contribution in [2.75, 3.05) is 7.05 Å². The van der Waals surface area contributed by atoms with E-state index in [0.29, 0.717) is 10.6 Å². The Morgan fingerprint density at radius 3 is 2.50 bits per heavy atom. The topological polar surface area (TPSA) is 42.3 Å². The van der Waals surface area contributed by atoms with Gasteiger partial charge in [-0.25, -0.2) is 0 Å². The lowest BCUT2D eigenvalue weighted by Gasteiger charge is -2.19. The lowest BCUT2D eigenvalue weighted by Crippen LogP contribution is -2.28. The molecule has 156 valence electrons. The summed E-state index contributed by atoms with van der Waals surface area (Å²) >= 11 is 6.14. The number of carbonyl (C=O) groups excluding carboxylic acids is 1. The Balaban J connectivity index is 1.80. The number of aromatic nitrogens is 1. The number of carbonyl (C=O) groups is 1. The van der Waals surface area contributed by atoms with E-state index in [9.17, 15) is 22.8 Å². The molecule has 4 nitrogen and oxygen atoms in total. The molecule has 3 aromatic rings. The van der Waals surface area contributed by atoms with Gasteiger partial charge in [-0.3, -0.25) is 9.59 Å². The first-order chi connectivity index (χ1) is 14.1. The number of hydrogen-bond acceptors (Lipinski definition) is 2. The van der Waals surface area contributed by atoms with Crippen molar-refractivity contribution in [3.05, 3.63) is 104 Å². The Morgan fingerprint density at radius 1 is 1.07 bits per heavy atom. The summed E-state index contributed by atoms with van der Waals surface area (Å²) in [7, 11) is 1.49. The van der Waals surface area contributed by atoms with E-state index in [4.69, 9.17) is 11.6 Å². The van der Waals surface area contributed by atoms with Crippen LogP contribution in [-0.2, 0) is 19.3 Å². The number of hydrogen-bond donors (Lipinski definition) is 0. The van der Waals surface area contributed by atoms with E-state index in [1.54, 1.807) is 24.3 Å². The summed E-state index contributed by atoms with van der Waals surface area (Å²) in [5, 5.41) is 0.503. The Hall–Kier alpha value is -3.06. The minimum Gasteiger partial charge on any atom is -0.337 e. The van der Waals surface area contributed by atoms with Crippen LogP contribution in [0.4, 0.5) is 13.2 Å². The van der Waals surface area contributed by atoms with E-state index in [2.05, 4.69) is 0 Å². The monoisotopic (exact) mass is 434 g/mol. The van der Waals surface area contributed by atoms with Crippen LogP contribution in [-0.4, -0.2) is 22.4 Å². The molecule has 0 N–H and O–H groups in total. The van der Waals surface area contributed by atoms with E-state index in [1.165, 1.54) is 47.0 Å². The van der Waals surface area contributed by atoms with Crippen molar-refractivity contribution in [2.24, 2.45) is 0 Å². The summed E-state index contributed by atoms with van der Waals surface area (Å²) in [6.07, 6.45) is -3.02. The Kier molecular flexibility index (Phi) is 6.31. The quantitative estimate of drug-likeness (QED) is 0.576. The predicted molar refractivity (Wildman–Crippen MR) is 108 cm³/mol. The van der Waals surface area contributed by atoms with E-state index in [0.717, 1.165) is 17.7 Å². The number of halogens is 4. The van der Waals surface area contributed by atoms with Crippen molar-refractivity contribution in [3.8, 4) is 0 Å². The molecule has 2 aromatic carbocycles. The number of pyridine rings is 1. The van der Waals surface area contributed by atoms with Gasteiger partial charge in [-0.15, -0.1) is 0 Å². The summed E-state index contributed by atoms with van der Waals surface area (Å²) in [5.74, 6) is -0.416. The molecule has 30 heavy (non-hydrogen) atoms. The molecule has 1 amide bonds. The van der Waals surface area contributed by atoms with Gasteiger partial charge < -0.3 is 9.47 Å². The molecule has 0 fully saturated rings. The molecular formula is C22H18ClF3N2O2. The minimum atomic E-state index is -4.45. The summed E-state index contributed by atoms with van der Waals surface area (Å²) in [6, 6.07) is 14.6. The highest BCUT2D eigenvalue weighted by Gasteiger charge is 2.30. The molecule has 8 heteroatoms. The van der Waals surface area contributed by atoms with Crippen molar-refractivity contribution in [2.45, 2.75) is 19.3 Å². The molecule has 0 spiro atoms. The van der Waals surface area contributed by atoms with Crippen LogP contribution in [0.2, 0.25) is 5.02 Å². The number of rotatable bonds is 5. The molecule has 0 aliphatic rings. The van der Waals surface area contributed by atoms with Crippen LogP contribution in [0.25, 0.3) is 0 Å². The zero-order valence-corrected chi connectivity index (χ0v) is 16.7. The van der Waals surface area contributed by atoms with Gasteiger partial charge in [0.15, 0.2) is 0 Å². The first-order valence-electron chi connectivity index (χ1n) is 9.00. The second kappa shape index (κ2) is 8.75. The third-order valence-electron chi connectivity index (χ3n) is 4.55. The molecule has 0 radical (unpaired) electrons. The SMILES string of the molecule is CN(Cc1cccc(C(F)(F)F)c1)C(=O)c1ccc(=O)n(Cc2ccccc2Cl)c1. The fourth-order valence-corrected chi connectivity index (χ4v) is 3.20. The Morgan fingerprint density at radius 2 is 1.80 bits per heavy atom. The second-order valence-corrected chi connectivity index (χ2v) is 7.24. The number of alkyl halides is 3. The number of nitrogens with zero attached hydrogens (tertiary/aromatic N) is 2. The second-order valence-electron chi connectivity index (χ2n) is 6.83. The molecule has 1 heterocycles. The fraction of sp³-hybridized carbons (Fsp3) is 0.182. The zero-order chi connectivity index (χ0) is 21.9. The molecule has 3 rings (SSSR count). The average Bonchev–Trinajstić information content (AvgIpc) is 2.70. The zero-order valence-electron chi connectivity index (χ0n) is 16.0. The van der Waals surface area contributed by atoms with Crippen LogP contribution in [0.3, 0.4) is 0 Å². The largest absolute Gasteiger partial charge is 0.416 e. The smallest absolute Gasteiger partial charge is 0.337 e. The normalized spacial score (nSPS) is 11.4. The maximum Gasteiger partial charge on any atom is 0.416 e. The van der Waals surface area contributed by atoms with E-state index < -0.39 is 17.6 Å².